The van der Waals surface area contributed by atoms with E-state index in [1.54, 1.807) is 0 Å². The number of carbonyl (C=O) groups is 1. The van der Waals surface area contributed by atoms with Crippen molar-refractivity contribution in [2.75, 3.05) is 10.6 Å². The molecule has 0 atom stereocenters. The lowest BCUT2D eigenvalue weighted by Gasteiger charge is -2.34. The minimum atomic E-state index is 0.0718. The van der Waals surface area contributed by atoms with E-state index in [2.05, 4.69) is 6.92 Å². The Morgan fingerprint density at radius 3 is 2.75 bits per heavy atom. The predicted octanol–water partition coefficient (Wildman–Crippen LogP) is 2.10. The van der Waals surface area contributed by atoms with Gasteiger partial charge >= 0.3 is 0 Å². The molecule has 84 valence electrons. The van der Waals surface area contributed by atoms with Crippen LogP contribution in [0.3, 0.4) is 0 Å². The second-order valence-corrected chi connectivity index (χ2v) is 5.11. The van der Waals surface area contributed by atoms with Gasteiger partial charge in [0.2, 0.25) is 5.91 Å². The highest BCUT2D eigenvalue weighted by Gasteiger charge is 2.47. The Labute approximate surface area is 95.2 Å². The van der Waals surface area contributed by atoms with Crippen LogP contribution in [0.25, 0.3) is 0 Å². The van der Waals surface area contributed by atoms with Crippen LogP contribution in [0.4, 0.5) is 11.4 Å². The fraction of sp³-hybridized carbons (Fsp3) is 0.462. The quantitative estimate of drug-likeness (QED) is 0.731. The maximum absolute atomic E-state index is 12.0. The molecule has 1 aliphatic carbocycles. The van der Waals surface area contributed by atoms with Crippen molar-refractivity contribution in [3.63, 3.8) is 0 Å². The lowest BCUT2D eigenvalue weighted by Crippen LogP contribution is -2.43. The fourth-order valence-electron chi connectivity index (χ4n) is 2.51. The van der Waals surface area contributed by atoms with Crippen molar-refractivity contribution in [1.82, 2.24) is 0 Å². The summed E-state index contributed by atoms with van der Waals surface area (Å²) in [6, 6.07) is 5.88. The fourth-order valence-corrected chi connectivity index (χ4v) is 2.51. The molecule has 3 nitrogen and oxygen atoms in total. The number of nitrogens with two attached hydrogens (primary N) is 1. The van der Waals surface area contributed by atoms with Gasteiger partial charge < -0.3 is 10.6 Å². The van der Waals surface area contributed by atoms with Gasteiger partial charge in [-0.1, -0.05) is 0 Å². The molecule has 3 rings (SSSR count). The van der Waals surface area contributed by atoms with Crippen LogP contribution in [-0.2, 0) is 11.2 Å². The van der Waals surface area contributed by atoms with Crippen LogP contribution in [-0.4, -0.2) is 11.4 Å². The minimum Gasteiger partial charge on any atom is -0.399 e. The molecule has 2 aliphatic rings. The predicted molar refractivity (Wildman–Crippen MR) is 64.3 cm³/mol. The summed E-state index contributed by atoms with van der Waals surface area (Å²) in [5.41, 5.74) is 8.93. The first-order valence-corrected chi connectivity index (χ1v) is 5.82. The molecular weight excluding hydrogens is 200 g/mol. The van der Waals surface area contributed by atoms with Gasteiger partial charge in [-0.2, -0.15) is 0 Å². The second kappa shape index (κ2) is 3.00. The topological polar surface area (TPSA) is 46.3 Å². The Kier molecular flexibility index (Phi) is 1.82. The summed E-state index contributed by atoms with van der Waals surface area (Å²) >= 11 is 0. The maximum atomic E-state index is 12.0. The summed E-state index contributed by atoms with van der Waals surface area (Å²) in [5.74, 6) is 0.261. The number of benzene rings is 1. The standard InChI is InChI=1S/C13H16N2O/c1-13(6-7-13)15-11-4-3-10(14)8-9(11)2-5-12(15)16/h3-4,8H,2,5-7,14H2,1H3. The summed E-state index contributed by atoms with van der Waals surface area (Å²) in [4.78, 5) is 14.0. The van der Waals surface area contributed by atoms with Gasteiger partial charge in [0.15, 0.2) is 0 Å². The zero-order valence-corrected chi connectivity index (χ0v) is 9.49. The first-order valence-electron chi connectivity index (χ1n) is 5.82. The van der Waals surface area contributed by atoms with E-state index in [4.69, 9.17) is 5.73 Å². The van der Waals surface area contributed by atoms with Crippen molar-refractivity contribution in [1.29, 1.82) is 0 Å². The van der Waals surface area contributed by atoms with Gasteiger partial charge in [0.05, 0.1) is 0 Å². The number of hydrogen-bond acceptors (Lipinski definition) is 2. The van der Waals surface area contributed by atoms with Crippen LogP contribution in [0.2, 0.25) is 0 Å². The van der Waals surface area contributed by atoms with Gasteiger partial charge in [-0.15, -0.1) is 0 Å². The van der Waals surface area contributed by atoms with E-state index in [-0.39, 0.29) is 11.4 Å². The minimum absolute atomic E-state index is 0.0718. The average Bonchev–Trinajstić information content (AvgIpc) is 2.97. The number of hydrogen-bond donors (Lipinski definition) is 1. The molecule has 0 radical (unpaired) electrons. The molecule has 1 aromatic rings. The molecule has 0 aromatic heterocycles. The van der Waals surface area contributed by atoms with Crippen LogP contribution in [0.5, 0.6) is 0 Å². The molecular formula is C13H16N2O. The molecule has 1 aliphatic heterocycles. The molecule has 1 saturated carbocycles. The van der Waals surface area contributed by atoms with Crippen molar-refractivity contribution in [3.05, 3.63) is 23.8 Å². The van der Waals surface area contributed by atoms with E-state index in [0.717, 1.165) is 30.6 Å². The van der Waals surface area contributed by atoms with Gasteiger partial charge in [-0.3, -0.25) is 4.79 Å². The van der Waals surface area contributed by atoms with Crippen LogP contribution in [0.15, 0.2) is 18.2 Å². The van der Waals surface area contributed by atoms with Crippen LogP contribution < -0.4 is 10.6 Å². The van der Waals surface area contributed by atoms with E-state index in [1.165, 1.54) is 5.56 Å². The van der Waals surface area contributed by atoms with Gasteiger partial charge in [0.1, 0.15) is 0 Å². The van der Waals surface area contributed by atoms with E-state index in [0.29, 0.717) is 6.42 Å². The van der Waals surface area contributed by atoms with E-state index >= 15 is 0 Å². The first kappa shape index (κ1) is 9.70. The van der Waals surface area contributed by atoms with Crippen molar-refractivity contribution in [2.45, 2.75) is 38.1 Å². The molecule has 0 unspecified atom stereocenters. The molecule has 1 fully saturated rings. The summed E-state index contributed by atoms with van der Waals surface area (Å²) in [5, 5.41) is 0. The Morgan fingerprint density at radius 1 is 1.31 bits per heavy atom. The number of fused-ring (bicyclic) bond motifs is 1. The van der Waals surface area contributed by atoms with Crippen LogP contribution in [0.1, 0.15) is 31.7 Å². The Morgan fingerprint density at radius 2 is 2.06 bits per heavy atom. The highest BCUT2D eigenvalue weighted by Crippen LogP contribution is 2.46. The first-order chi connectivity index (χ1) is 7.60. The number of anilines is 2. The summed E-state index contributed by atoms with van der Waals surface area (Å²) < 4.78 is 0. The zero-order valence-electron chi connectivity index (χ0n) is 9.49. The number of amides is 1. The SMILES string of the molecule is CC1(N2C(=O)CCc3cc(N)ccc32)CC1. The third kappa shape index (κ3) is 1.31. The van der Waals surface area contributed by atoms with Crippen LogP contribution in [0, 0.1) is 0 Å². The van der Waals surface area contributed by atoms with Crippen molar-refractivity contribution >= 4 is 17.3 Å². The molecule has 16 heavy (non-hydrogen) atoms. The Balaban J connectivity index is 2.10. The second-order valence-electron chi connectivity index (χ2n) is 5.11. The highest BCUT2D eigenvalue weighted by atomic mass is 16.2. The summed E-state index contributed by atoms with van der Waals surface area (Å²) in [7, 11) is 0. The number of nitrogens with zero attached hydrogens (tertiary/aromatic N) is 1. The van der Waals surface area contributed by atoms with Gasteiger partial charge in [0.25, 0.3) is 0 Å². The van der Waals surface area contributed by atoms with Gasteiger partial charge in [-0.05, 0) is 49.9 Å². The molecule has 1 amide bonds. The number of nitrogen functional groups attached to an aromatic ring is 1. The molecule has 2 N–H and O–H groups in total. The molecule has 1 aromatic carbocycles. The largest absolute Gasteiger partial charge is 0.399 e. The maximum Gasteiger partial charge on any atom is 0.227 e. The van der Waals surface area contributed by atoms with Gasteiger partial charge in [0, 0.05) is 23.3 Å². The normalized spacial score (nSPS) is 21.8. The lowest BCUT2D eigenvalue weighted by molar-refractivity contribution is -0.119. The smallest absolute Gasteiger partial charge is 0.227 e. The Hall–Kier alpha value is -1.51. The van der Waals surface area contributed by atoms with Crippen molar-refractivity contribution in [3.8, 4) is 0 Å². The Bertz CT molecular complexity index is 463. The zero-order chi connectivity index (χ0) is 11.3. The molecule has 1 heterocycles. The summed E-state index contributed by atoms with van der Waals surface area (Å²) in [6.45, 7) is 2.16. The van der Waals surface area contributed by atoms with Crippen molar-refractivity contribution < 1.29 is 4.79 Å². The van der Waals surface area contributed by atoms with E-state index in [9.17, 15) is 4.79 Å². The highest BCUT2D eigenvalue weighted by molar-refractivity contribution is 5.98. The molecule has 0 spiro atoms. The third-order valence-corrected chi connectivity index (χ3v) is 3.72. The van der Waals surface area contributed by atoms with Crippen LogP contribution >= 0.6 is 0 Å². The van der Waals surface area contributed by atoms with Gasteiger partial charge in [-0.25, -0.2) is 0 Å². The van der Waals surface area contributed by atoms with E-state index < -0.39 is 0 Å². The molecule has 3 heteroatoms. The lowest BCUT2D eigenvalue weighted by atomic mass is 9.98. The number of rotatable bonds is 1. The average molecular weight is 216 g/mol. The molecule has 0 saturated heterocycles. The monoisotopic (exact) mass is 216 g/mol. The molecule has 0 bridgehead atoms. The number of aryl methyl sites for hydroxylation is 1. The number of carbonyl (C=O) groups excluding carboxylic acids is 1. The van der Waals surface area contributed by atoms with Crippen molar-refractivity contribution in [2.24, 2.45) is 0 Å². The third-order valence-electron chi connectivity index (χ3n) is 3.72. The van der Waals surface area contributed by atoms with E-state index in [1.807, 2.05) is 23.1 Å². The summed E-state index contributed by atoms with van der Waals surface area (Å²) in [6.07, 6.45) is 3.67.